The molecule has 0 amide bonds. The largest absolute Gasteiger partial charge is 0.496 e. The molecule has 1 aromatic carbocycles. The Kier molecular flexibility index (Phi) is 4.67. The van der Waals surface area contributed by atoms with E-state index < -0.39 is 0 Å². The van der Waals surface area contributed by atoms with Crippen molar-refractivity contribution >= 4 is 33.0 Å². The Morgan fingerprint density at radius 2 is 1.70 bits per heavy atom. The zero-order valence-electron chi connectivity index (χ0n) is 11.2. The molecule has 0 radical (unpaired) electrons. The summed E-state index contributed by atoms with van der Waals surface area (Å²) in [6.45, 7) is 0. The summed E-state index contributed by atoms with van der Waals surface area (Å²) in [7, 11) is 4.61. The van der Waals surface area contributed by atoms with Gasteiger partial charge >= 0.3 is 0 Å². The van der Waals surface area contributed by atoms with Gasteiger partial charge in [-0.3, -0.25) is 4.79 Å². The lowest BCUT2D eigenvalue weighted by molar-refractivity contribution is 0.103. The Hall–Kier alpha value is -1.53. The molecule has 20 heavy (non-hydrogen) atoms. The number of rotatable bonds is 5. The molecule has 0 atom stereocenters. The predicted octanol–water partition coefficient (Wildman–Crippen LogP) is 3.77. The zero-order valence-corrected chi connectivity index (χ0v) is 13.6. The van der Waals surface area contributed by atoms with E-state index in [9.17, 15) is 4.79 Å². The summed E-state index contributed by atoms with van der Waals surface area (Å²) in [5, 5.41) is 1.81. The van der Waals surface area contributed by atoms with Crippen LogP contribution >= 0.6 is 27.3 Å². The molecule has 0 N–H and O–H groups in total. The van der Waals surface area contributed by atoms with E-state index in [-0.39, 0.29) is 5.78 Å². The third kappa shape index (κ3) is 2.66. The van der Waals surface area contributed by atoms with Crippen molar-refractivity contribution in [3.63, 3.8) is 0 Å². The lowest BCUT2D eigenvalue weighted by atomic mass is 10.1. The Bertz CT molecular complexity index is 636. The molecule has 0 bridgehead atoms. The minimum absolute atomic E-state index is 0.153. The van der Waals surface area contributed by atoms with E-state index in [1.807, 2.05) is 5.38 Å². The Labute approximate surface area is 129 Å². The van der Waals surface area contributed by atoms with Gasteiger partial charge in [-0.05, 0) is 39.5 Å². The molecule has 0 aliphatic rings. The van der Waals surface area contributed by atoms with Crippen molar-refractivity contribution in [1.82, 2.24) is 0 Å². The van der Waals surface area contributed by atoms with Crippen molar-refractivity contribution in [2.24, 2.45) is 0 Å². The van der Waals surface area contributed by atoms with Crippen LogP contribution in [0.15, 0.2) is 28.1 Å². The summed E-state index contributed by atoms with van der Waals surface area (Å²) < 4.78 is 16.4. The van der Waals surface area contributed by atoms with Crippen LogP contribution in [0.2, 0.25) is 0 Å². The highest BCUT2D eigenvalue weighted by Crippen LogP contribution is 2.36. The van der Waals surface area contributed by atoms with E-state index >= 15 is 0 Å². The summed E-state index contributed by atoms with van der Waals surface area (Å²) in [6.07, 6.45) is 0. The molecule has 4 nitrogen and oxygen atoms in total. The predicted molar refractivity (Wildman–Crippen MR) is 81.5 cm³/mol. The van der Waals surface area contributed by atoms with Crippen LogP contribution in [-0.2, 0) is 0 Å². The molecular formula is C14H13BrO4S. The second-order valence-corrected chi connectivity index (χ2v) is 5.60. The highest BCUT2D eigenvalue weighted by atomic mass is 79.9. The van der Waals surface area contributed by atoms with E-state index in [0.717, 1.165) is 4.47 Å². The number of hydrogen-bond donors (Lipinski definition) is 0. The molecule has 0 saturated carbocycles. The minimum Gasteiger partial charge on any atom is -0.496 e. The normalized spacial score (nSPS) is 10.2. The number of ketones is 1. The molecular weight excluding hydrogens is 344 g/mol. The van der Waals surface area contributed by atoms with E-state index in [2.05, 4.69) is 15.9 Å². The lowest BCUT2D eigenvalue weighted by Crippen LogP contribution is -2.04. The molecule has 1 heterocycles. The molecule has 0 saturated heterocycles. The van der Waals surface area contributed by atoms with Gasteiger partial charge in [-0.1, -0.05) is 0 Å². The first-order valence-electron chi connectivity index (χ1n) is 5.70. The van der Waals surface area contributed by atoms with E-state index in [4.69, 9.17) is 14.2 Å². The standard InChI is InChI=1S/C14H13BrO4S/c1-17-10-4-5-20-14(10)13(16)8-6-12(19-3)9(15)7-11(8)18-2/h4-7H,1-3H3. The molecule has 0 fully saturated rings. The second-order valence-electron chi connectivity index (χ2n) is 3.83. The molecule has 2 rings (SSSR count). The average Bonchev–Trinajstić information content (AvgIpc) is 2.94. The van der Waals surface area contributed by atoms with Crippen LogP contribution in [0.5, 0.6) is 17.2 Å². The van der Waals surface area contributed by atoms with Gasteiger partial charge in [0.15, 0.2) is 0 Å². The van der Waals surface area contributed by atoms with Crippen molar-refractivity contribution in [3.8, 4) is 17.2 Å². The molecule has 106 valence electrons. The monoisotopic (exact) mass is 356 g/mol. The van der Waals surface area contributed by atoms with Gasteiger partial charge in [-0.25, -0.2) is 0 Å². The fourth-order valence-corrected chi connectivity index (χ4v) is 3.08. The smallest absolute Gasteiger partial charge is 0.210 e. The zero-order chi connectivity index (χ0) is 14.7. The first-order chi connectivity index (χ1) is 9.62. The maximum absolute atomic E-state index is 12.6. The lowest BCUT2D eigenvalue weighted by Gasteiger charge is -2.11. The van der Waals surface area contributed by atoms with Gasteiger partial charge in [0, 0.05) is 0 Å². The van der Waals surface area contributed by atoms with Gasteiger partial charge < -0.3 is 14.2 Å². The SMILES string of the molecule is COc1cc(C(=O)c2sccc2OC)c(OC)cc1Br. The summed E-state index contributed by atoms with van der Waals surface area (Å²) in [6, 6.07) is 5.14. The second kappa shape index (κ2) is 6.28. The van der Waals surface area contributed by atoms with Crippen molar-refractivity contribution < 1.29 is 19.0 Å². The Morgan fingerprint density at radius 1 is 1.05 bits per heavy atom. The number of hydrogen-bond acceptors (Lipinski definition) is 5. The van der Waals surface area contributed by atoms with Crippen LogP contribution in [0.3, 0.4) is 0 Å². The summed E-state index contributed by atoms with van der Waals surface area (Å²) in [4.78, 5) is 13.2. The number of methoxy groups -OCH3 is 3. The van der Waals surface area contributed by atoms with E-state index in [0.29, 0.717) is 27.7 Å². The summed E-state index contributed by atoms with van der Waals surface area (Å²) in [5.41, 5.74) is 0.438. The van der Waals surface area contributed by atoms with E-state index in [1.165, 1.54) is 25.6 Å². The number of ether oxygens (including phenoxy) is 3. The van der Waals surface area contributed by atoms with Crippen LogP contribution in [-0.4, -0.2) is 27.1 Å². The maximum Gasteiger partial charge on any atom is 0.210 e. The van der Waals surface area contributed by atoms with Crippen LogP contribution < -0.4 is 14.2 Å². The third-order valence-corrected chi connectivity index (χ3v) is 4.29. The van der Waals surface area contributed by atoms with Gasteiger partial charge in [0.1, 0.15) is 22.1 Å². The van der Waals surface area contributed by atoms with Gasteiger partial charge in [-0.2, -0.15) is 0 Å². The highest BCUT2D eigenvalue weighted by Gasteiger charge is 2.21. The van der Waals surface area contributed by atoms with Crippen LogP contribution in [0.4, 0.5) is 0 Å². The van der Waals surface area contributed by atoms with Crippen LogP contribution in [0.25, 0.3) is 0 Å². The first kappa shape index (κ1) is 14.9. The molecule has 1 aromatic heterocycles. The molecule has 0 aliphatic heterocycles. The number of thiophene rings is 1. The van der Waals surface area contributed by atoms with Gasteiger partial charge in [0.2, 0.25) is 5.78 Å². The molecule has 0 unspecified atom stereocenters. The van der Waals surface area contributed by atoms with Gasteiger partial charge in [0.25, 0.3) is 0 Å². The Morgan fingerprint density at radius 3 is 2.30 bits per heavy atom. The van der Waals surface area contributed by atoms with Gasteiger partial charge in [-0.15, -0.1) is 11.3 Å². The molecule has 6 heteroatoms. The van der Waals surface area contributed by atoms with Crippen molar-refractivity contribution in [1.29, 1.82) is 0 Å². The van der Waals surface area contributed by atoms with Crippen LogP contribution in [0, 0.1) is 0 Å². The minimum atomic E-state index is -0.153. The maximum atomic E-state index is 12.6. The van der Waals surface area contributed by atoms with Crippen LogP contribution in [0.1, 0.15) is 15.2 Å². The van der Waals surface area contributed by atoms with Crippen molar-refractivity contribution in [3.05, 3.63) is 38.5 Å². The van der Waals surface area contributed by atoms with E-state index in [1.54, 1.807) is 25.3 Å². The fraction of sp³-hybridized carbons (Fsp3) is 0.214. The summed E-state index contributed by atoms with van der Waals surface area (Å²) in [5.74, 6) is 1.46. The highest BCUT2D eigenvalue weighted by molar-refractivity contribution is 9.10. The van der Waals surface area contributed by atoms with Gasteiger partial charge in [0.05, 0.1) is 31.4 Å². The summed E-state index contributed by atoms with van der Waals surface area (Å²) >= 11 is 4.70. The molecule has 0 spiro atoms. The van der Waals surface area contributed by atoms with Crippen molar-refractivity contribution in [2.75, 3.05) is 21.3 Å². The number of halogens is 1. The quantitative estimate of drug-likeness (QED) is 0.765. The Balaban J connectivity index is 2.53. The number of carbonyl (C=O) groups excluding carboxylic acids is 1. The average molecular weight is 357 g/mol. The van der Waals surface area contributed by atoms with Crippen molar-refractivity contribution in [2.45, 2.75) is 0 Å². The first-order valence-corrected chi connectivity index (χ1v) is 7.37. The number of benzene rings is 1. The number of carbonyl (C=O) groups is 1. The molecule has 2 aromatic rings. The fourth-order valence-electron chi connectivity index (χ4n) is 1.78. The third-order valence-electron chi connectivity index (χ3n) is 2.77. The molecule has 0 aliphatic carbocycles. The topological polar surface area (TPSA) is 44.8 Å².